The molecule has 0 radical (unpaired) electrons. The molecule has 33 heavy (non-hydrogen) atoms. The van der Waals surface area contributed by atoms with Crippen molar-refractivity contribution in [1.82, 2.24) is 14.9 Å². The van der Waals surface area contributed by atoms with Gasteiger partial charge in [0.05, 0.1) is 11.7 Å². The Bertz CT molecular complexity index is 1240. The van der Waals surface area contributed by atoms with E-state index in [2.05, 4.69) is 10.3 Å². The van der Waals surface area contributed by atoms with Gasteiger partial charge < -0.3 is 24.6 Å². The number of aryl methyl sites for hydroxylation is 3. The second kappa shape index (κ2) is 9.40. The topological polar surface area (TPSA) is 112 Å². The van der Waals surface area contributed by atoms with Crippen LogP contribution < -0.4 is 25.1 Å². The Balaban J connectivity index is 1.11. The van der Waals surface area contributed by atoms with Crippen LogP contribution in [0.3, 0.4) is 0 Å². The third-order valence-corrected chi connectivity index (χ3v) is 7.04. The normalized spacial score (nSPS) is 15.3. The van der Waals surface area contributed by atoms with Gasteiger partial charge in [-0.2, -0.15) is 0 Å². The molecule has 0 saturated carbocycles. The van der Waals surface area contributed by atoms with Crippen molar-refractivity contribution in [2.75, 3.05) is 19.9 Å². The molecule has 1 atom stereocenters. The second-order valence-corrected chi connectivity index (χ2v) is 9.25. The molecular weight excluding hydrogens is 446 g/mol. The van der Waals surface area contributed by atoms with Gasteiger partial charge in [0.1, 0.15) is 23.3 Å². The van der Waals surface area contributed by atoms with Gasteiger partial charge in [-0.3, -0.25) is 14.2 Å². The summed E-state index contributed by atoms with van der Waals surface area (Å²) in [5.41, 5.74) is 1.06. The van der Waals surface area contributed by atoms with Crippen LogP contribution in [0.25, 0.3) is 10.2 Å². The van der Waals surface area contributed by atoms with Gasteiger partial charge in [-0.25, -0.2) is 4.98 Å². The molecule has 5 rings (SSSR count). The minimum atomic E-state index is -0.877. The number of hydrogen-bond donors (Lipinski definition) is 2. The van der Waals surface area contributed by atoms with Gasteiger partial charge in [-0.15, -0.1) is 11.3 Å². The van der Waals surface area contributed by atoms with Crippen LogP contribution in [-0.2, 0) is 24.2 Å². The maximum Gasteiger partial charge on any atom is 0.262 e. The maximum atomic E-state index is 13.0. The summed E-state index contributed by atoms with van der Waals surface area (Å²) in [5.74, 6) is 1.54. The van der Waals surface area contributed by atoms with E-state index in [1.54, 1.807) is 29.5 Å². The number of carbonyl (C=O) groups excluding carboxylic acids is 1. The second-order valence-electron chi connectivity index (χ2n) is 8.17. The molecule has 174 valence electrons. The quantitative estimate of drug-likeness (QED) is 0.517. The molecule has 0 spiro atoms. The average molecular weight is 472 g/mol. The fourth-order valence-corrected chi connectivity index (χ4v) is 5.32. The van der Waals surface area contributed by atoms with Crippen LogP contribution in [0.2, 0.25) is 0 Å². The Labute approximate surface area is 193 Å². The highest BCUT2D eigenvalue weighted by Crippen LogP contribution is 2.35. The number of rotatable bonds is 8. The van der Waals surface area contributed by atoms with Crippen LogP contribution in [0, 0.1) is 0 Å². The van der Waals surface area contributed by atoms with Crippen molar-refractivity contribution in [2.24, 2.45) is 0 Å². The number of carbonyl (C=O) groups is 1. The molecule has 0 saturated heterocycles. The lowest BCUT2D eigenvalue weighted by molar-refractivity contribution is -0.121. The van der Waals surface area contributed by atoms with E-state index in [1.807, 2.05) is 0 Å². The van der Waals surface area contributed by atoms with Crippen LogP contribution in [-0.4, -0.2) is 46.6 Å². The van der Waals surface area contributed by atoms with Crippen molar-refractivity contribution in [3.05, 3.63) is 45.3 Å². The van der Waals surface area contributed by atoms with Crippen LogP contribution in [0.15, 0.2) is 29.3 Å². The molecule has 0 bridgehead atoms. The molecule has 2 N–H and O–H groups in total. The first-order valence-electron chi connectivity index (χ1n) is 11.1. The van der Waals surface area contributed by atoms with E-state index < -0.39 is 6.10 Å². The van der Waals surface area contributed by atoms with E-state index in [4.69, 9.17) is 14.2 Å². The Morgan fingerprint density at radius 2 is 2.12 bits per heavy atom. The summed E-state index contributed by atoms with van der Waals surface area (Å²) in [5, 5.41) is 13.5. The van der Waals surface area contributed by atoms with E-state index in [1.165, 1.54) is 15.8 Å². The first kappa shape index (κ1) is 21.7. The SMILES string of the molecule is O=C(CCn1cnc2sc3c(c2c1=O)CCCC3)NCC(O)COc1ccc2c(c1)OCO2. The van der Waals surface area contributed by atoms with E-state index in [9.17, 15) is 14.7 Å². The van der Waals surface area contributed by atoms with Crippen molar-refractivity contribution in [2.45, 2.75) is 44.8 Å². The largest absolute Gasteiger partial charge is 0.491 e. The molecular formula is C23H25N3O6S. The Morgan fingerprint density at radius 1 is 1.27 bits per heavy atom. The Morgan fingerprint density at radius 3 is 3.03 bits per heavy atom. The van der Waals surface area contributed by atoms with Gasteiger partial charge in [-0.1, -0.05) is 0 Å². The van der Waals surface area contributed by atoms with Crippen LogP contribution in [0.1, 0.15) is 29.7 Å². The summed E-state index contributed by atoms with van der Waals surface area (Å²) in [4.78, 5) is 31.7. The lowest BCUT2D eigenvalue weighted by Crippen LogP contribution is -2.36. The van der Waals surface area contributed by atoms with Crippen LogP contribution >= 0.6 is 11.3 Å². The predicted molar refractivity (Wildman–Crippen MR) is 122 cm³/mol. The molecule has 2 aromatic heterocycles. The van der Waals surface area contributed by atoms with Crippen molar-refractivity contribution in [3.8, 4) is 17.2 Å². The zero-order valence-electron chi connectivity index (χ0n) is 18.0. The number of ether oxygens (including phenoxy) is 3. The van der Waals surface area contributed by atoms with Gasteiger partial charge in [0.15, 0.2) is 11.5 Å². The third kappa shape index (κ3) is 4.67. The van der Waals surface area contributed by atoms with E-state index in [0.29, 0.717) is 22.6 Å². The van der Waals surface area contributed by atoms with Crippen LogP contribution in [0.5, 0.6) is 17.2 Å². The molecule has 2 aliphatic rings. The fourth-order valence-electron chi connectivity index (χ4n) is 4.10. The summed E-state index contributed by atoms with van der Waals surface area (Å²) in [6, 6.07) is 5.17. The molecule has 3 aromatic rings. The maximum absolute atomic E-state index is 13.0. The standard InChI is InChI=1S/C23H25N3O6S/c27-14(11-30-15-5-6-17-18(9-15)32-13-31-17)10-24-20(28)7-8-26-12-25-22-21(23(26)29)16-3-1-2-4-19(16)33-22/h5-6,9,12,14,27H,1-4,7-8,10-11,13H2,(H,24,28). The summed E-state index contributed by atoms with van der Waals surface area (Å²) in [6.45, 7) is 0.484. The number of hydrogen-bond acceptors (Lipinski definition) is 8. The Hall–Kier alpha value is -3.11. The number of amides is 1. The number of nitrogens with zero attached hydrogens (tertiary/aromatic N) is 2. The molecule has 3 heterocycles. The number of benzene rings is 1. The highest BCUT2D eigenvalue weighted by molar-refractivity contribution is 7.18. The zero-order valence-corrected chi connectivity index (χ0v) is 18.9. The van der Waals surface area contributed by atoms with Gasteiger partial charge in [0.25, 0.3) is 5.56 Å². The van der Waals surface area contributed by atoms with E-state index in [0.717, 1.165) is 36.1 Å². The molecule has 1 amide bonds. The Kier molecular flexibility index (Phi) is 6.19. The lowest BCUT2D eigenvalue weighted by atomic mass is 9.97. The van der Waals surface area contributed by atoms with Crippen molar-refractivity contribution in [3.63, 3.8) is 0 Å². The van der Waals surface area contributed by atoms with Gasteiger partial charge in [0.2, 0.25) is 12.7 Å². The van der Waals surface area contributed by atoms with Crippen LogP contribution in [0.4, 0.5) is 0 Å². The van der Waals surface area contributed by atoms with Crippen molar-refractivity contribution < 1.29 is 24.1 Å². The minimum Gasteiger partial charge on any atom is -0.491 e. The summed E-state index contributed by atoms with van der Waals surface area (Å²) < 4.78 is 17.6. The number of aromatic nitrogens is 2. The van der Waals surface area contributed by atoms with Gasteiger partial charge in [-0.05, 0) is 43.4 Å². The fraction of sp³-hybridized carbons (Fsp3) is 0.435. The zero-order chi connectivity index (χ0) is 22.8. The number of aliphatic hydroxyl groups excluding tert-OH is 1. The molecule has 1 aliphatic carbocycles. The minimum absolute atomic E-state index is 0.0171. The summed E-state index contributed by atoms with van der Waals surface area (Å²) in [7, 11) is 0. The number of nitrogens with one attached hydrogen (secondary N) is 1. The molecule has 1 unspecified atom stereocenters. The highest BCUT2D eigenvalue weighted by atomic mass is 32.1. The predicted octanol–water partition coefficient (Wildman–Crippen LogP) is 2.01. The molecule has 9 nitrogen and oxygen atoms in total. The lowest BCUT2D eigenvalue weighted by Gasteiger charge is -2.14. The average Bonchev–Trinajstić information content (AvgIpc) is 3.45. The number of fused-ring (bicyclic) bond motifs is 4. The number of thiophene rings is 1. The van der Waals surface area contributed by atoms with Gasteiger partial charge >= 0.3 is 0 Å². The van der Waals surface area contributed by atoms with Crippen molar-refractivity contribution in [1.29, 1.82) is 0 Å². The smallest absolute Gasteiger partial charge is 0.262 e. The van der Waals surface area contributed by atoms with E-state index in [-0.39, 0.29) is 44.4 Å². The highest BCUT2D eigenvalue weighted by Gasteiger charge is 2.20. The first-order chi connectivity index (χ1) is 16.1. The summed E-state index contributed by atoms with van der Waals surface area (Å²) >= 11 is 1.61. The molecule has 1 aromatic carbocycles. The third-order valence-electron chi connectivity index (χ3n) is 5.84. The van der Waals surface area contributed by atoms with Crippen molar-refractivity contribution >= 4 is 27.5 Å². The molecule has 10 heteroatoms. The van der Waals surface area contributed by atoms with Gasteiger partial charge in [0, 0.05) is 30.5 Å². The summed E-state index contributed by atoms with van der Waals surface area (Å²) in [6.07, 6.45) is 4.95. The molecule has 0 fully saturated rings. The monoisotopic (exact) mass is 471 g/mol. The van der Waals surface area contributed by atoms with E-state index >= 15 is 0 Å². The number of aliphatic hydroxyl groups is 1. The molecule has 1 aliphatic heterocycles. The first-order valence-corrected chi connectivity index (χ1v) is 11.9.